The Kier molecular flexibility index (Phi) is 5.16. The van der Waals surface area contributed by atoms with Crippen molar-refractivity contribution in [1.82, 2.24) is 9.29 Å². The van der Waals surface area contributed by atoms with Crippen LogP contribution >= 0.6 is 0 Å². The number of hydrogen-bond acceptors (Lipinski definition) is 4. The number of ether oxygens (including phenoxy) is 1. The highest BCUT2D eigenvalue weighted by atomic mass is 32.2. The Balaban J connectivity index is 1.69. The number of rotatable bonds is 6. The lowest BCUT2D eigenvalue weighted by Crippen LogP contribution is -2.26. The summed E-state index contributed by atoms with van der Waals surface area (Å²) in [5.74, 6) is 0.734. The molecule has 3 rings (SSSR count). The molecular formula is C18H22N2O3S. The summed E-state index contributed by atoms with van der Waals surface area (Å²) in [4.78, 5) is 4.22. The average Bonchev–Trinajstić information content (AvgIpc) is 3.09. The van der Waals surface area contributed by atoms with Crippen LogP contribution in [0.2, 0.25) is 0 Å². The third kappa shape index (κ3) is 3.94. The van der Waals surface area contributed by atoms with Crippen LogP contribution in [-0.4, -0.2) is 30.9 Å². The zero-order valence-corrected chi connectivity index (χ0v) is 14.6. The summed E-state index contributed by atoms with van der Waals surface area (Å²) in [6, 6.07) is 10.3. The summed E-state index contributed by atoms with van der Waals surface area (Å²) in [6.45, 7) is 0.311. The summed E-state index contributed by atoms with van der Waals surface area (Å²) >= 11 is 0. The largest absolute Gasteiger partial charge is 0.490 e. The van der Waals surface area contributed by atoms with Crippen molar-refractivity contribution in [3.63, 3.8) is 0 Å². The maximum absolute atomic E-state index is 12.7. The number of sulfonamides is 1. The van der Waals surface area contributed by atoms with Gasteiger partial charge in [-0.15, -0.1) is 0 Å². The second-order valence-electron chi connectivity index (χ2n) is 6.11. The molecule has 0 aliphatic heterocycles. The molecule has 0 atom stereocenters. The third-order valence-electron chi connectivity index (χ3n) is 4.29. The Labute approximate surface area is 143 Å². The van der Waals surface area contributed by atoms with E-state index in [1.807, 2.05) is 12.1 Å². The molecule has 0 amide bonds. The predicted octanol–water partition coefficient (Wildman–Crippen LogP) is 3.22. The lowest BCUT2D eigenvalue weighted by molar-refractivity contribution is 0.210. The quantitative estimate of drug-likeness (QED) is 0.806. The number of aromatic nitrogens is 1. The fourth-order valence-electron chi connectivity index (χ4n) is 2.90. The third-order valence-corrected chi connectivity index (χ3v) is 6.11. The van der Waals surface area contributed by atoms with Gasteiger partial charge in [0, 0.05) is 26.0 Å². The molecule has 0 N–H and O–H groups in total. The van der Waals surface area contributed by atoms with Gasteiger partial charge in [0.2, 0.25) is 10.0 Å². The summed E-state index contributed by atoms with van der Waals surface area (Å²) in [6.07, 6.45) is 8.15. The summed E-state index contributed by atoms with van der Waals surface area (Å²) in [7, 11) is -1.94. The molecule has 5 nitrogen and oxygen atoms in total. The smallest absolute Gasteiger partial charge is 0.243 e. The standard InChI is InChI=1S/C18H22N2O3S/c1-20(14-15-10-12-19-13-11-15)24(21,22)18-8-6-17(7-9-18)23-16-4-2-3-5-16/h6-13,16H,2-5,14H2,1H3. The number of hydrogen-bond donors (Lipinski definition) is 0. The molecule has 0 radical (unpaired) electrons. The van der Waals surface area contributed by atoms with E-state index in [1.165, 1.54) is 17.1 Å². The normalized spacial score (nSPS) is 15.8. The van der Waals surface area contributed by atoms with Crippen LogP contribution < -0.4 is 4.74 Å². The highest BCUT2D eigenvalue weighted by molar-refractivity contribution is 7.89. The first-order valence-corrected chi connectivity index (χ1v) is 9.62. The minimum Gasteiger partial charge on any atom is -0.490 e. The van der Waals surface area contributed by atoms with Gasteiger partial charge in [0.1, 0.15) is 5.75 Å². The molecule has 1 aromatic carbocycles. The molecule has 0 unspecified atom stereocenters. The molecule has 1 aliphatic rings. The van der Waals surface area contributed by atoms with E-state index in [1.54, 1.807) is 43.7 Å². The highest BCUT2D eigenvalue weighted by Crippen LogP contribution is 2.25. The molecule has 1 fully saturated rings. The van der Waals surface area contributed by atoms with Crippen molar-refractivity contribution in [1.29, 1.82) is 0 Å². The molecule has 2 aromatic rings. The average molecular weight is 346 g/mol. The van der Waals surface area contributed by atoms with Crippen molar-refractivity contribution in [2.75, 3.05) is 7.05 Å². The zero-order chi connectivity index (χ0) is 17.0. The Hall–Kier alpha value is -1.92. The van der Waals surface area contributed by atoms with Crippen LogP contribution in [0.15, 0.2) is 53.7 Å². The van der Waals surface area contributed by atoms with Crippen LogP contribution in [0.3, 0.4) is 0 Å². The van der Waals surface area contributed by atoms with Gasteiger partial charge in [-0.25, -0.2) is 8.42 Å². The number of nitrogens with zero attached hydrogens (tertiary/aromatic N) is 2. The van der Waals surface area contributed by atoms with Crippen LogP contribution in [0.5, 0.6) is 5.75 Å². The van der Waals surface area contributed by atoms with Crippen molar-refractivity contribution in [2.24, 2.45) is 0 Å². The molecule has 1 heterocycles. The van der Waals surface area contributed by atoms with Crippen LogP contribution in [0, 0.1) is 0 Å². The summed E-state index contributed by atoms with van der Waals surface area (Å²) in [5.41, 5.74) is 0.900. The highest BCUT2D eigenvalue weighted by Gasteiger charge is 2.21. The van der Waals surface area contributed by atoms with E-state index >= 15 is 0 Å². The van der Waals surface area contributed by atoms with Gasteiger partial charge in [0.25, 0.3) is 0 Å². The first-order chi connectivity index (χ1) is 11.6. The minimum absolute atomic E-state index is 0.266. The van der Waals surface area contributed by atoms with Crippen LogP contribution in [0.4, 0.5) is 0 Å². The molecule has 24 heavy (non-hydrogen) atoms. The molecule has 0 bridgehead atoms. The van der Waals surface area contributed by atoms with Crippen molar-refractivity contribution < 1.29 is 13.2 Å². The second kappa shape index (κ2) is 7.32. The predicted molar refractivity (Wildman–Crippen MR) is 92.2 cm³/mol. The van der Waals surface area contributed by atoms with Gasteiger partial charge in [-0.3, -0.25) is 4.98 Å². The molecule has 128 valence electrons. The summed E-state index contributed by atoms with van der Waals surface area (Å²) in [5, 5.41) is 0. The summed E-state index contributed by atoms with van der Waals surface area (Å²) < 4.78 is 32.5. The molecular weight excluding hydrogens is 324 g/mol. The van der Waals surface area contributed by atoms with E-state index in [2.05, 4.69) is 4.98 Å². The maximum atomic E-state index is 12.7. The van der Waals surface area contributed by atoms with E-state index in [4.69, 9.17) is 4.74 Å². The van der Waals surface area contributed by atoms with Crippen LogP contribution in [0.1, 0.15) is 31.2 Å². The Bertz CT molecular complexity index is 755. The zero-order valence-electron chi connectivity index (χ0n) is 13.8. The van der Waals surface area contributed by atoms with Crippen molar-refractivity contribution >= 4 is 10.0 Å². The van der Waals surface area contributed by atoms with E-state index in [-0.39, 0.29) is 11.0 Å². The van der Waals surface area contributed by atoms with Gasteiger partial charge in [-0.1, -0.05) is 0 Å². The van der Waals surface area contributed by atoms with Gasteiger partial charge in [0.05, 0.1) is 11.0 Å². The lowest BCUT2D eigenvalue weighted by Gasteiger charge is -2.18. The van der Waals surface area contributed by atoms with E-state index in [9.17, 15) is 8.42 Å². The van der Waals surface area contributed by atoms with Gasteiger partial charge < -0.3 is 4.74 Å². The molecule has 6 heteroatoms. The van der Waals surface area contributed by atoms with Crippen molar-refractivity contribution in [3.8, 4) is 5.75 Å². The second-order valence-corrected chi connectivity index (χ2v) is 8.16. The molecule has 0 spiro atoms. The molecule has 0 saturated heterocycles. The van der Waals surface area contributed by atoms with Crippen molar-refractivity contribution in [3.05, 3.63) is 54.4 Å². The molecule has 1 aliphatic carbocycles. The van der Waals surface area contributed by atoms with Gasteiger partial charge >= 0.3 is 0 Å². The van der Waals surface area contributed by atoms with E-state index < -0.39 is 10.0 Å². The lowest BCUT2D eigenvalue weighted by atomic mass is 10.3. The topological polar surface area (TPSA) is 59.5 Å². The van der Waals surface area contributed by atoms with Crippen molar-refractivity contribution in [2.45, 2.75) is 43.2 Å². The van der Waals surface area contributed by atoms with Gasteiger partial charge in [0.15, 0.2) is 0 Å². The molecule has 1 saturated carbocycles. The van der Waals surface area contributed by atoms with Crippen LogP contribution in [-0.2, 0) is 16.6 Å². The van der Waals surface area contributed by atoms with Gasteiger partial charge in [-0.05, 0) is 67.6 Å². The fourth-order valence-corrected chi connectivity index (χ4v) is 4.06. The number of benzene rings is 1. The first kappa shape index (κ1) is 16.9. The minimum atomic E-state index is -3.52. The van der Waals surface area contributed by atoms with E-state index in [0.717, 1.165) is 24.2 Å². The Morgan fingerprint density at radius 1 is 1.08 bits per heavy atom. The van der Waals surface area contributed by atoms with Gasteiger partial charge in [-0.2, -0.15) is 4.31 Å². The fraction of sp³-hybridized carbons (Fsp3) is 0.389. The Morgan fingerprint density at radius 3 is 2.33 bits per heavy atom. The molecule has 1 aromatic heterocycles. The number of pyridine rings is 1. The maximum Gasteiger partial charge on any atom is 0.243 e. The van der Waals surface area contributed by atoms with E-state index in [0.29, 0.717) is 6.54 Å². The monoisotopic (exact) mass is 346 g/mol. The van der Waals surface area contributed by atoms with Crippen LogP contribution in [0.25, 0.3) is 0 Å². The Morgan fingerprint density at radius 2 is 1.71 bits per heavy atom. The first-order valence-electron chi connectivity index (χ1n) is 8.18. The SMILES string of the molecule is CN(Cc1ccncc1)S(=O)(=O)c1ccc(OC2CCCC2)cc1.